The minimum absolute atomic E-state index is 0.00372. The Balaban J connectivity index is 1.32. The van der Waals surface area contributed by atoms with Crippen LogP contribution >= 0.6 is 0 Å². The maximum atomic E-state index is 13.5. The Morgan fingerprint density at radius 3 is 2.26 bits per heavy atom. The molecule has 3 heterocycles. The van der Waals surface area contributed by atoms with Crippen LogP contribution in [0.25, 0.3) is 0 Å². The monoisotopic (exact) mass is 495 g/mol. The first-order chi connectivity index (χ1) is 16.2. The third-order valence-corrected chi connectivity index (χ3v) is 8.57. The van der Waals surface area contributed by atoms with Crippen LogP contribution in [-0.4, -0.2) is 67.4 Å². The van der Waals surface area contributed by atoms with Crippen molar-refractivity contribution in [1.29, 1.82) is 0 Å². The molecule has 1 aromatic heterocycles. The number of nitrogens with zero attached hydrogens (tertiary/aromatic N) is 3. The summed E-state index contributed by atoms with van der Waals surface area (Å²) >= 11 is 0. The Bertz CT molecular complexity index is 1170. The fraction of sp³-hybridized carbons (Fsp3) is 0.478. The number of ether oxygens (including phenoxy) is 1. The van der Waals surface area contributed by atoms with Crippen LogP contribution in [0.1, 0.15) is 42.2 Å². The number of likely N-dealkylation sites (tertiary alicyclic amines) is 1. The zero-order valence-electron chi connectivity index (χ0n) is 18.8. The van der Waals surface area contributed by atoms with Crippen LogP contribution in [0.3, 0.4) is 0 Å². The van der Waals surface area contributed by atoms with Crippen LogP contribution in [0, 0.1) is 17.6 Å². The SMILES string of the molecule is COC(=O)c1cccn1C1CCN(C(=O)C2CCN(S(=O)(=O)c3ccc(F)c(F)c3)CC2)CC1. The minimum Gasteiger partial charge on any atom is -0.464 e. The standard InChI is InChI=1S/C23H27F2N3O5S/c1-33-23(30)21-3-2-10-28(21)17-8-11-26(12-9-17)22(29)16-6-13-27(14-7-16)34(31,32)18-4-5-19(24)20(25)15-18/h2-5,10,15-17H,6-9,11-14H2,1H3. The van der Waals surface area contributed by atoms with Gasteiger partial charge in [0, 0.05) is 44.3 Å². The number of aromatic nitrogens is 1. The molecule has 8 nitrogen and oxygen atoms in total. The molecule has 1 aromatic carbocycles. The summed E-state index contributed by atoms with van der Waals surface area (Å²) in [4.78, 5) is 26.5. The number of carbonyl (C=O) groups excluding carboxylic acids is 2. The first-order valence-electron chi connectivity index (χ1n) is 11.2. The Hall–Kier alpha value is -2.79. The van der Waals surface area contributed by atoms with Crippen molar-refractivity contribution >= 4 is 21.9 Å². The van der Waals surface area contributed by atoms with E-state index in [1.54, 1.807) is 12.1 Å². The van der Waals surface area contributed by atoms with Gasteiger partial charge in [0.2, 0.25) is 15.9 Å². The second-order valence-corrected chi connectivity index (χ2v) is 10.5. The molecule has 2 fully saturated rings. The summed E-state index contributed by atoms with van der Waals surface area (Å²) in [6, 6.07) is 6.13. The van der Waals surface area contributed by atoms with Gasteiger partial charge >= 0.3 is 5.97 Å². The summed E-state index contributed by atoms with van der Waals surface area (Å²) in [6.07, 6.45) is 3.98. The number of carbonyl (C=O) groups is 2. The Labute approximate surface area is 197 Å². The maximum Gasteiger partial charge on any atom is 0.354 e. The molecule has 0 atom stereocenters. The second kappa shape index (κ2) is 9.83. The van der Waals surface area contributed by atoms with E-state index in [9.17, 15) is 26.8 Å². The Kier molecular flexibility index (Phi) is 7.04. The van der Waals surface area contributed by atoms with Crippen molar-refractivity contribution in [3.05, 3.63) is 53.9 Å². The van der Waals surface area contributed by atoms with Gasteiger partial charge in [-0.15, -0.1) is 0 Å². The minimum atomic E-state index is -3.96. The van der Waals surface area contributed by atoms with E-state index in [1.807, 2.05) is 15.7 Å². The summed E-state index contributed by atoms with van der Waals surface area (Å²) in [6.45, 7) is 1.38. The van der Waals surface area contributed by atoms with E-state index in [1.165, 1.54) is 11.4 Å². The molecule has 184 valence electrons. The molecule has 2 saturated heterocycles. The quantitative estimate of drug-likeness (QED) is 0.596. The fourth-order valence-corrected chi connectivity index (χ4v) is 6.22. The summed E-state index contributed by atoms with van der Waals surface area (Å²) in [5.74, 6) is -3.00. The van der Waals surface area contributed by atoms with Crippen molar-refractivity contribution in [3.63, 3.8) is 0 Å². The number of halogens is 2. The van der Waals surface area contributed by atoms with Crippen LogP contribution in [0.15, 0.2) is 41.4 Å². The molecular formula is C23H27F2N3O5S. The van der Waals surface area contributed by atoms with Crippen molar-refractivity contribution < 1.29 is 31.5 Å². The lowest BCUT2D eigenvalue weighted by Crippen LogP contribution is -2.46. The van der Waals surface area contributed by atoms with E-state index in [-0.39, 0.29) is 35.9 Å². The first kappa shape index (κ1) is 24.3. The third-order valence-electron chi connectivity index (χ3n) is 6.68. The van der Waals surface area contributed by atoms with Gasteiger partial charge in [-0.25, -0.2) is 22.0 Å². The predicted molar refractivity (Wildman–Crippen MR) is 118 cm³/mol. The van der Waals surface area contributed by atoms with Gasteiger partial charge in [0.25, 0.3) is 0 Å². The van der Waals surface area contributed by atoms with Gasteiger partial charge in [-0.2, -0.15) is 4.31 Å². The molecular weight excluding hydrogens is 468 g/mol. The number of hydrogen-bond donors (Lipinski definition) is 0. The summed E-state index contributed by atoms with van der Waals surface area (Å²) in [5, 5.41) is 0. The van der Waals surface area contributed by atoms with Gasteiger partial charge in [-0.1, -0.05) is 0 Å². The van der Waals surface area contributed by atoms with E-state index in [2.05, 4.69) is 0 Å². The highest BCUT2D eigenvalue weighted by molar-refractivity contribution is 7.89. The van der Waals surface area contributed by atoms with Gasteiger partial charge in [0.05, 0.1) is 12.0 Å². The van der Waals surface area contributed by atoms with Crippen LogP contribution in [0.2, 0.25) is 0 Å². The Morgan fingerprint density at radius 2 is 1.65 bits per heavy atom. The molecule has 0 aliphatic carbocycles. The van der Waals surface area contributed by atoms with E-state index in [0.29, 0.717) is 50.5 Å². The second-order valence-electron chi connectivity index (χ2n) is 8.60. The average Bonchev–Trinajstić information content (AvgIpc) is 3.35. The van der Waals surface area contributed by atoms with E-state index in [4.69, 9.17) is 4.74 Å². The number of sulfonamides is 1. The number of methoxy groups -OCH3 is 1. The highest BCUT2D eigenvalue weighted by atomic mass is 32.2. The van der Waals surface area contributed by atoms with Gasteiger partial charge in [0.1, 0.15) is 5.69 Å². The lowest BCUT2D eigenvalue weighted by atomic mass is 9.94. The molecule has 34 heavy (non-hydrogen) atoms. The van der Waals surface area contributed by atoms with Gasteiger partial charge in [0.15, 0.2) is 11.6 Å². The zero-order valence-corrected chi connectivity index (χ0v) is 19.6. The molecule has 0 N–H and O–H groups in total. The van der Waals surface area contributed by atoms with Gasteiger partial charge in [-0.3, -0.25) is 4.79 Å². The number of esters is 1. The maximum absolute atomic E-state index is 13.5. The predicted octanol–water partition coefficient (Wildman–Crippen LogP) is 2.82. The Morgan fingerprint density at radius 1 is 0.971 bits per heavy atom. The molecule has 0 radical (unpaired) electrons. The van der Waals surface area contributed by atoms with Crippen molar-refractivity contribution in [1.82, 2.24) is 13.8 Å². The smallest absolute Gasteiger partial charge is 0.354 e. The number of benzene rings is 1. The molecule has 2 aromatic rings. The third kappa shape index (κ3) is 4.72. The molecule has 0 spiro atoms. The summed E-state index contributed by atoms with van der Waals surface area (Å²) in [5.41, 5.74) is 0.488. The molecule has 11 heteroatoms. The normalized spacial score (nSPS) is 18.7. The molecule has 4 rings (SSSR count). The molecule has 0 unspecified atom stereocenters. The number of hydrogen-bond acceptors (Lipinski definition) is 5. The first-order valence-corrected chi connectivity index (χ1v) is 12.7. The van der Waals surface area contributed by atoms with Crippen molar-refractivity contribution in [3.8, 4) is 0 Å². The zero-order chi connectivity index (χ0) is 24.5. The number of piperidine rings is 2. The topological polar surface area (TPSA) is 88.9 Å². The van der Waals surface area contributed by atoms with Crippen LogP contribution in [0.5, 0.6) is 0 Å². The molecule has 0 bridgehead atoms. The fourth-order valence-electron chi connectivity index (χ4n) is 4.74. The van der Waals surface area contributed by atoms with Crippen LogP contribution in [0.4, 0.5) is 8.78 Å². The summed E-state index contributed by atoms with van der Waals surface area (Å²) < 4.78 is 60.2. The van der Waals surface area contributed by atoms with E-state index >= 15 is 0 Å². The average molecular weight is 496 g/mol. The van der Waals surface area contributed by atoms with Crippen molar-refractivity contribution in [2.24, 2.45) is 5.92 Å². The largest absolute Gasteiger partial charge is 0.464 e. The van der Waals surface area contributed by atoms with E-state index in [0.717, 1.165) is 12.1 Å². The van der Waals surface area contributed by atoms with Crippen LogP contribution in [-0.2, 0) is 19.6 Å². The molecule has 2 aliphatic rings. The molecule has 2 aliphatic heterocycles. The lowest BCUT2D eigenvalue weighted by Gasteiger charge is -2.37. The lowest BCUT2D eigenvalue weighted by molar-refractivity contribution is -0.138. The molecule has 1 amide bonds. The highest BCUT2D eigenvalue weighted by Crippen LogP contribution is 2.29. The van der Waals surface area contributed by atoms with Crippen molar-refractivity contribution in [2.75, 3.05) is 33.3 Å². The highest BCUT2D eigenvalue weighted by Gasteiger charge is 2.35. The van der Waals surface area contributed by atoms with E-state index < -0.39 is 27.6 Å². The number of rotatable bonds is 5. The molecule has 0 saturated carbocycles. The summed E-state index contributed by atoms with van der Waals surface area (Å²) in [7, 11) is -2.62. The number of amides is 1. The van der Waals surface area contributed by atoms with Crippen LogP contribution < -0.4 is 0 Å². The van der Waals surface area contributed by atoms with Crippen molar-refractivity contribution in [2.45, 2.75) is 36.6 Å². The van der Waals surface area contributed by atoms with Gasteiger partial charge < -0.3 is 14.2 Å². The van der Waals surface area contributed by atoms with Gasteiger partial charge in [-0.05, 0) is 56.0 Å².